The Kier molecular flexibility index (Phi) is 1.90. The van der Waals surface area contributed by atoms with E-state index in [1.54, 1.807) is 12.5 Å². The lowest BCUT2D eigenvalue weighted by Crippen LogP contribution is -1.94. The molecule has 0 aliphatic heterocycles. The SMILES string of the molecule is Cc1occc1-c1cnc(CN)o1. The number of hydrogen-bond donors (Lipinski definition) is 1. The third-order valence-electron chi connectivity index (χ3n) is 1.85. The van der Waals surface area contributed by atoms with E-state index < -0.39 is 0 Å². The minimum absolute atomic E-state index is 0.316. The van der Waals surface area contributed by atoms with Gasteiger partial charge in [0.05, 0.1) is 24.6 Å². The van der Waals surface area contributed by atoms with Gasteiger partial charge in [0, 0.05) is 0 Å². The van der Waals surface area contributed by atoms with Crippen molar-refractivity contribution in [2.24, 2.45) is 5.73 Å². The Labute approximate surface area is 75.4 Å². The highest BCUT2D eigenvalue weighted by atomic mass is 16.4. The predicted octanol–water partition coefficient (Wildman–Crippen LogP) is 1.70. The van der Waals surface area contributed by atoms with E-state index in [-0.39, 0.29) is 0 Å². The second-order valence-corrected chi connectivity index (χ2v) is 2.71. The fourth-order valence-electron chi connectivity index (χ4n) is 1.17. The van der Waals surface area contributed by atoms with Crippen molar-refractivity contribution < 1.29 is 8.83 Å². The van der Waals surface area contributed by atoms with E-state index in [2.05, 4.69) is 4.98 Å². The van der Waals surface area contributed by atoms with Crippen LogP contribution >= 0.6 is 0 Å². The van der Waals surface area contributed by atoms with Gasteiger partial charge in [-0.3, -0.25) is 0 Å². The minimum Gasteiger partial charge on any atom is -0.469 e. The first-order valence-corrected chi connectivity index (χ1v) is 4.00. The van der Waals surface area contributed by atoms with Crippen LogP contribution in [-0.2, 0) is 6.54 Å². The van der Waals surface area contributed by atoms with Crippen LogP contribution in [0.25, 0.3) is 11.3 Å². The lowest BCUT2D eigenvalue weighted by molar-refractivity contribution is 0.504. The predicted molar refractivity (Wildman–Crippen MR) is 46.8 cm³/mol. The number of aromatic nitrogens is 1. The minimum atomic E-state index is 0.316. The van der Waals surface area contributed by atoms with Gasteiger partial charge in [0.25, 0.3) is 0 Å². The lowest BCUT2D eigenvalue weighted by Gasteiger charge is -1.90. The zero-order valence-corrected chi connectivity index (χ0v) is 7.28. The number of aryl methyl sites for hydroxylation is 1. The van der Waals surface area contributed by atoms with E-state index in [9.17, 15) is 0 Å². The molecular weight excluding hydrogens is 168 g/mol. The van der Waals surface area contributed by atoms with Crippen molar-refractivity contribution in [2.75, 3.05) is 0 Å². The molecule has 0 spiro atoms. The van der Waals surface area contributed by atoms with E-state index in [4.69, 9.17) is 14.6 Å². The van der Waals surface area contributed by atoms with Crippen molar-refractivity contribution >= 4 is 0 Å². The van der Waals surface area contributed by atoms with Crippen molar-refractivity contribution in [3.63, 3.8) is 0 Å². The molecule has 0 aliphatic rings. The summed E-state index contributed by atoms with van der Waals surface area (Å²) in [6.45, 7) is 2.19. The van der Waals surface area contributed by atoms with Crippen LogP contribution in [0.3, 0.4) is 0 Å². The molecule has 2 aromatic rings. The fourth-order valence-corrected chi connectivity index (χ4v) is 1.17. The van der Waals surface area contributed by atoms with Gasteiger partial charge in [0.1, 0.15) is 5.76 Å². The summed E-state index contributed by atoms with van der Waals surface area (Å²) in [5, 5.41) is 0. The molecule has 0 saturated carbocycles. The van der Waals surface area contributed by atoms with E-state index >= 15 is 0 Å². The average Bonchev–Trinajstić information content (AvgIpc) is 2.71. The molecule has 0 amide bonds. The van der Waals surface area contributed by atoms with Crippen LogP contribution < -0.4 is 5.73 Å². The number of hydrogen-bond acceptors (Lipinski definition) is 4. The molecule has 2 heterocycles. The van der Waals surface area contributed by atoms with Gasteiger partial charge in [0.2, 0.25) is 5.89 Å². The number of nitrogens with zero attached hydrogens (tertiary/aromatic N) is 1. The van der Waals surface area contributed by atoms with Crippen molar-refractivity contribution in [1.29, 1.82) is 0 Å². The van der Waals surface area contributed by atoms with Gasteiger partial charge in [-0.1, -0.05) is 0 Å². The van der Waals surface area contributed by atoms with Crippen molar-refractivity contribution in [3.05, 3.63) is 30.2 Å². The van der Waals surface area contributed by atoms with Gasteiger partial charge in [0.15, 0.2) is 5.76 Å². The van der Waals surface area contributed by atoms with Crippen molar-refractivity contribution in [1.82, 2.24) is 4.98 Å². The normalized spacial score (nSPS) is 10.6. The maximum absolute atomic E-state index is 5.37. The first-order chi connectivity index (χ1) is 6.31. The Morgan fingerprint density at radius 2 is 2.38 bits per heavy atom. The van der Waals surface area contributed by atoms with Crippen LogP contribution in [-0.4, -0.2) is 4.98 Å². The summed E-state index contributed by atoms with van der Waals surface area (Å²) in [5.41, 5.74) is 6.30. The van der Waals surface area contributed by atoms with Gasteiger partial charge in [-0.05, 0) is 13.0 Å². The highest BCUT2D eigenvalue weighted by Crippen LogP contribution is 2.24. The third kappa shape index (κ3) is 1.36. The molecule has 0 bridgehead atoms. The average molecular weight is 178 g/mol. The number of nitrogens with two attached hydrogens (primary N) is 1. The van der Waals surface area contributed by atoms with E-state index in [0.717, 1.165) is 11.3 Å². The molecule has 2 N–H and O–H groups in total. The van der Waals surface area contributed by atoms with Gasteiger partial charge >= 0.3 is 0 Å². The lowest BCUT2D eigenvalue weighted by atomic mass is 10.2. The number of oxazole rings is 1. The highest BCUT2D eigenvalue weighted by Gasteiger charge is 2.09. The molecule has 2 rings (SSSR count). The van der Waals surface area contributed by atoms with Gasteiger partial charge in [-0.2, -0.15) is 0 Å². The topological polar surface area (TPSA) is 65.2 Å². The summed E-state index contributed by atoms with van der Waals surface area (Å²) in [7, 11) is 0. The van der Waals surface area contributed by atoms with Crippen molar-refractivity contribution in [3.8, 4) is 11.3 Å². The third-order valence-corrected chi connectivity index (χ3v) is 1.85. The molecular formula is C9H10N2O2. The molecule has 0 aliphatic carbocycles. The Morgan fingerprint density at radius 1 is 1.54 bits per heavy atom. The zero-order chi connectivity index (χ0) is 9.26. The Morgan fingerprint density at radius 3 is 2.92 bits per heavy atom. The Balaban J connectivity index is 2.41. The highest BCUT2D eigenvalue weighted by molar-refractivity contribution is 5.58. The largest absolute Gasteiger partial charge is 0.469 e. The standard InChI is InChI=1S/C9H10N2O2/c1-6-7(2-3-12-6)8-5-11-9(4-10)13-8/h2-3,5H,4,10H2,1H3. The molecule has 0 aromatic carbocycles. The zero-order valence-electron chi connectivity index (χ0n) is 7.28. The summed E-state index contributed by atoms with van der Waals surface area (Å²) < 4.78 is 10.5. The Bertz CT molecular complexity index is 403. The Hall–Kier alpha value is -1.55. The second-order valence-electron chi connectivity index (χ2n) is 2.71. The maximum atomic E-state index is 5.37. The first-order valence-electron chi connectivity index (χ1n) is 4.00. The van der Waals surface area contributed by atoms with Crippen LogP contribution in [0.4, 0.5) is 0 Å². The van der Waals surface area contributed by atoms with Crippen LogP contribution in [0.15, 0.2) is 27.4 Å². The van der Waals surface area contributed by atoms with Gasteiger partial charge in [-0.25, -0.2) is 4.98 Å². The molecule has 0 atom stereocenters. The van der Waals surface area contributed by atoms with E-state index in [1.165, 1.54) is 0 Å². The van der Waals surface area contributed by atoms with Gasteiger partial charge < -0.3 is 14.6 Å². The molecule has 13 heavy (non-hydrogen) atoms. The summed E-state index contributed by atoms with van der Waals surface area (Å²) >= 11 is 0. The molecule has 4 heteroatoms. The number of furan rings is 1. The molecule has 0 saturated heterocycles. The molecule has 0 radical (unpaired) electrons. The van der Waals surface area contributed by atoms with Crippen LogP contribution in [0.2, 0.25) is 0 Å². The first kappa shape index (κ1) is 8.07. The molecule has 68 valence electrons. The number of rotatable bonds is 2. The fraction of sp³-hybridized carbons (Fsp3) is 0.222. The smallest absolute Gasteiger partial charge is 0.208 e. The second kappa shape index (κ2) is 3.06. The van der Waals surface area contributed by atoms with Gasteiger partial charge in [-0.15, -0.1) is 0 Å². The summed E-state index contributed by atoms with van der Waals surface area (Å²) in [6.07, 6.45) is 3.27. The van der Waals surface area contributed by atoms with E-state index in [1.807, 2.05) is 13.0 Å². The molecule has 0 unspecified atom stereocenters. The molecule has 0 fully saturated rings. The molecule has 4 nitrogen and oxygen atoms in total. The van der Waals surface area contributed by atoms with Crippen molar-refractivity contribution in [2.45, 2.75) is 13.5 Å². The monoisotopic (exact) mass is 178 g/mol. The molecule has 2 aromatic heterocycles. The van der Waals surface area contributed by atoms with Crippen LogP contribution in [0.5, 0.6) is 0 Å². The quantitative estimate of drug-likeness (QED) is 0.760. The van der Waals surface area contributed by atoms with Crippen LogP contribution in [0.1, 0.15) is 11.7 Å². The summed E-state index contributed by atoms with van der Waals surface area (Å²) in [5.74, 6) is 2.06. The van der Waals surface area contributed by atoms with E-state index in [0.29, 0.717) is 18.2 Å². The summed E-state index contributed by atoms with van der Waals surface area (Å²) in [4.78, 5) is 4.00. The van der Waals surface area contributed by atoms with Crippen LogP contribution in [0, 0.1) is 6.92 Å². The summed E-state index contributed by atoms with van der Waals surface area (Å²) in [6, 6.07) is 1.84. The maximum Gasteiger partial charge on any atom is 0.208 e.